The van der Waals surface area contributed by atoms with Gasteiger partial charge in [0, 0.05) is 24.2 Å². The van der Waals surface area contributed by atoms with Crippen molar-refractivity contribution >= 4 is 23.1 Å². The molecular formula is C30H38N2O6. The lowest BCUT2D eigenvalue weighted by molar-refractivity contribution is -0.384. The van der Waals surface area contributed by atoms with E-state index in [1.165, 1.54) is 68.7 Å². The average molecular weight is 523 g/mol. The molecule has 0 spiro atoms. The van der Waals surface area contributed by atoms with E-state index in [0.29, 0.717) is 29.8 Å². The fourth-order valence-electron chi connectivity index (χ4n) is 4.94. The van der Waals surface area contributed by atoms with Gasteiger partial charge in [0.25, 0.3) is 17.4 Å². The summed E-state index contributed by atoms with van der Waals surface area (Å²) in [7, 11) is 1.52. The lowest BCUT2D eigenvalue weighted by Crippen LogP contribution is -2.30. The predicted molar refractivity (Wildman–Crippen MR) is 147 cm³/mol. The van der Waals surface area contributed by atoms with Crippen molar-refractivity contribution in [2.75, 3.05) is 13.7 Å². The molecule has 1 amide bonds. The molecule has 1 heterocycles. The van der Waals surface area contributed by atoms with Gasteiger partial charge in [0.05, 0.1) is 23.6 Å². The van der Waals surface area contributed by atoms with Crippen LogP contribution in [-0.4, -0.2) is 40.3 Å². The van der Waals surface area contributed by atoms with Gasteiger partial charge in [-0.1, -0.05) is 76.8 Å². The van der Waals surface area contributed by atoms with Crippen molar-refractivity contribution in [3.8, 4) is 5.75 Å². The first kappa shape index (κ1) is 28.9. The molecule has 2 aromatic carbocycles. The molecule has 38 heavy (non-hydrogen) atoms. The van der Waals surface area contributed by atoms with E-state index in [4.69, 9.17) is 4.74 Å². The van der Waals surface area contributed by atoms with Crippen molar-refractivity contribution in [3.63, 3.8) is 0 Å². The van der Waals surface area contributed by atoms with Crippen LogP contribution >= 0.6 is 0 Å². The maximum atomic E-state index is 13.2. The Balaban J connectivity index is 1.79. The molecule has 8 nitrogen and oxygen atoms in total. The van der Waals surface area contributed by atoms with Crippen LogP contribution in [0.5, 0.6) is 5.75 Å². The number of aliphatic hydroxyl groups excluding tert-OH is 1. The number of methoxy groups -OCH3 is 1. The summed E-state index contributed by atoms with van der Waals surface area (Å²) < 4.78 is 5.17. The molecule has 204 valence electrons. The number of benzene rings is 2. The van der Waals surface area contributed by atoms with Gasteiger partial charge in [0.2, 0.25) is 0 Å². The van der Waals surface area contributed by atoms with Gasteiger partial charge in [-0.3, -0.25) is 19.7 Å². The Bertz CT molecular complexity index is 1140. The predicted octanol–water partition coefficient (Wildman–Crippen LogP) is 6.95. The number of nitro benzene ring substituents is 1. The van der Waals surface area contributed by atoms with Crippen LogP contribution in [0.3, 0.4) is 0 Å². The van der Waals surface area contributed by atoms with E-state index in [2.05, 4.69) is 6.92 Å². The third-order valence-electron chi connectivity index (χ3n) is 7.05. The molecule has 0 unspecified atom stereocenters. The number of aliphatic hydroxyl groups is 1. The van der Waals surface area contributed by atoms with Crippen molar-refractivity contribution in [3.05, 3.63) is 75.3 Å². The lowest BCUT2D eigenvalue weighted by atomic mass is 9.95. The van der Waals surface area contributed by atoms with Crippen LogP contribution in [0.4, 0.5) is 5.69 Å². The normalized spacial score (nSPS) is 16.7. The molecule has 1 atom stereocenters. The molecule has 8 heteroatoms. The number of carbonyl (C=O) groups is 2. The molecule has 0 saturated carbocycles. The van der Waals surface area contributed by atoms with Gasteiger partial charge in [-0.05, 0) is 36.2 Å². The molecule has 1 fully saturated rings. The van der Waals surface area contributed by atoms with Crippen molar-refractivity contribution in [2.45, 2.75) is 77.2 Å². The monoisotopic (exact) mass is 522 g/mol. The zero-order valence-electron chi connectivity index (χ0n) is 22.4. The highest BCUT2D eigenvalue weighted by molar-refractivity contribution is 6.46. The van der Waals surface area contributed by atoms with E-state index < -0.39 is 22.7 Å². The highest BCUT2D eigenvalue weighted by Crippen LogP contribution is 2.40. The minimum Gasteiger partial charge on any atom is -0.507 e. The number of non-ortho nitro benzene ring substituents is 1. The summed E-state index contributed by atoms with van der Waals surface area (Å²) in [4.78, 5) is 38.7. The summed E-state index contributed by atoms with van der Waals surface area (Å²) in [5.74, 6) is -1.22. The highest BCUT2D eigenvalue weighted by Gasteiger charge is 2.46. The molecule has 2 aromatic rings. The molecular weight excluding hydrogens is 484 g/mol. The fourth-order valence-corrected chi connectivity index (χ4v) is 4.94. The van der Waals surface area contributed by atoms with Crippen LogP contribution in [0.15, 0.2) is 54.1 Å². The number of ether oxygens (including phenoxy) is 1. The van der Waals surface area contributed by atoms with E-state index in [-0.39, 0.29) is 17.0 Å². The van der Waals surface area contributed by atoms with Crippen LogP contribution in [0.25, 0.3) is 5.76 Å². The standard InChI is InChI=1S/C30H38N2O6/c1-3-4-5-6-7-8-9-10-11-12-20-31-27(23-14-13-15-24(21-23)32(36)37)26(29(34)30(31)35)28(33)22-16-18-25(38-2)19-17-22/h13-19,21,27,33H,3-12,20H2,1-2H3/t27-/m0/s1. The van der Waals surface area contributed by atoms with Crippen LogP contribution in [0, 0.1) is 10.1 Å². The van der Waals surface area contributed by atoms with Crippen molar-refractivity contribution < 1.29 is 24.4 Å². The van der Waals surface area contributed by atoms with Gasteiger partial charge < -0.3 is 14.7 Å². The molecule has 0 bridgehead atoms. The quantitative estimate of drug-likeness (QED) is 0.0677. The first-order chi connectivity index (χ1) is 18.4. The number of rotatable bonds is 15. The third kappa shape index (κ3) is 7.21. The number of likely N-dealkylation sites (tertiary alicyclic amines) is 1. The van der Waals surface area contributed by atoms with Crippen molar-refractivity contribution in [1.29, 1.82) is 0 Å². The molecule has 1 aliphatic heterocycles. The van der Waals surface area contributed by atoms with Gasteiger partial charge >= 0.3 is 0 Å². The first-order valence-corrected chi connectivity index (χ1v) is 13.6. The Hall–Kier alpha value is -3.68. The number of ketones is 1. The zero-order valence-corrected chi connectivity index (χ0v) is 22.4. The second-order valence-corrected chi connectivity index (χ2v) is 9.76. The summed E-state index contributed by atoms with van der Waals surface area (Å²) in [6, 6.07) is 11.5. The largest absolute Gasteiger partial charge is 0.507 e. The van der Waals surface area contributed by atoms with Crippen molar-refractivity contribution in [1.82, 2.24) is 4.90 Å². The number of unbranched alkanes of at least 4 members (excludes halogenated alkanes) is 9. The van der Waals surface area contributed by atoms with Crippen LogP contribution in [0.1, 0.15) is 88.3 Å². The summed E-state index contributed by atoms with van der Waals surface area (Å²) in [5.41, 5.74) is 0.572. The molecule has 0 radical (unpaired) electrons. The Morgan fingerprint density at radius 1 is 0.947 bits per heavy atom. The lowest BCUT2D eigenvalue weighted by Gasteiger charge is -2.25. The smallest absolute Gasteiger partial charge is 0.295 e. The Labute approximate surface area is 224 Å². The Kier molecular flexibility index (Phi) is 10.9. The van der Waals surface area contributed by atoms with Crippen LogP contribution in [-0.2, 0) is 9.59 Å². The summed E-state index contributed by atoms with van der Waals surface area (Å²) in [5, 5.41) is 22.6. The fraction of sp³-hybridized carbons (Fsp3) is 0.467. The molecule has 1 aliphatic rings. The molecule has 0 aliphatic carbocycles. The summed E-state index contributed by atoms with van der Waals surface area (Å²) >= 11 is 0. The van der Waals surface area contributed by atoms with E-state index in [1.807, 2.05) is 0 Å². The minimum absolute atomic E-state index is 0.0623. The van der Waals surface area contributed by atoms with Gasteiger partial charge in [0.15, 0.2) is 0 Å². The van der Waals surface area contributed by atoms with E-state index >= 15 is 0 Å². The van der Waals surface area contributed by atoms with Gasteiger partial charge in [-0.15, -0.1) is 0 Å². The molecule has 0 aromatic heterocycles. The third-order valence-corrected chi connectivity index (χ3v) is 7.05. The van der Waals surface area contributed by atoms with Gasteiger partial charge in [0.1, 0.15) is 11.5 Å². The Morgan fingerprint density at radius 3 is 2.13 bits per heavy atom. The number of carbonyl (C=O) groups excluding carboxylic acids is 2. The number of hydrogen-bond acceptors (Lipinski definition) is 6. The number of hydrogen-bond donors (Lipinski definition) is 1. The molecule has 1 saturated heterocycles. The van der Waals surface area contributed by atoms with Gasteiger partial charge in [-0.25, -0.2) is 0 Å². The summed E-state index contributed by atoms with van der Waals surface area (Å²) in [6.45, 7) is 2.54. The average Bonchev–Trinajstić information content (AvgIpc) is 3.18. The second kappa shape index (κ2) is 14.3. The Morgan fingerprint density at radius 2 is 1.55 bits per heavy atom. The maximum Gasteiger partial charge on any atom is 0.295 e. The SMILES string of the molecule is CCCCCCCCCCCCN1C(=O)C(=O)C(=C(O)c2ccc(OC)cc2)[C@@H]1c1cccc([N+](=O)[O-])c1. The number of amides is 1. The van der Waals surface area contributed by atoms with Gasteiger partial charge in [-0.2, -0.15) is 0 Å². The van der Waals surface area contributed by atoms with E-state index in [0.717, 1.165) is 19.3 Å². The molecule has 1 N–H and O–H groups in total. The maximum absolute atomic E-state index is 13.2. The highest BCUT2D eigenvalue weighted by atomic mass is 16.6. The van der Waals surface area contributed by atoms with Crippen molar-refractivity contribution in [2.24, 2.45) is 0 Å². The topological polar surface area (TPSA) is 110 Å². The van der Waals surface area contributed by atoms with E-state index in [1.54, 1.807) is 30.3 Å². The van der Waals surface area contributed by atoms with E-state index in [9.17, 15) is 24.8 Å². The number of nitro groups is 1. The molecule has 3 rings (SSSR count). The summed E-state index contributed by atoms with van der Waals surface area (Å²) in [6.07, 6.45) is 11.3. The number of Topliss-reactive ketones (excluding diaryl/α,β-unsaturated/α-hetero) is 1. The van der Waals surface area contributed by atoms with Crippen LogP contribution in [0.2, 0.25) is 0 Å². The first-order valence-electron chi connectivity index (χ1n) is 13.6. The van der Waals surface area contributed by atoms with Crippen LogP contribution < -0.4 is 4.74 Å². The number of nitrogens with zero attached hydrogens (tertiary/aromatic N) is 2. The second-order valence-electron chi connectivity index (χ2n) is 9.76. The minimum atomic E-state index is -0.907. The zero-order chi connectivity index (χ0) is 27.5.